The van der Waals surface area contributed by atoms with Gasteiger partial charge in [0.1, 0.15) is 0 Å². The van der Waals surface area contributed by atoms with E-state index in [1.165, 1.54) is 0 Å². The number of carbonyl (C=O) groups is 1. The standard InChI is InChI=1S/C3H5O3/c1-6-3(5)2-4/h4H,1-2H2/q+1. The van der Waals surface area contributed by atoms with E-state index in [2.05, 4.69) is 11.2 Å². The van der Waals surface area contributed by atoms with Crippen LogP contribution in [-0.2, 0) is 9.22 Å². The number of hydrogen-bond donors (Lipinski definition) is 1. The lowest BCUT2D eigenvalue weighted by molar-refractivity contribution is -0.370. The van der Waals surface area contributed by atoms with Crippen molar-refractivity contribution in [1.82, 2.24) is 0 Å². The largest absolute Gasteiger partial charge is 0.604 e. The van der Waals surface area contributed by atoms with Gasteiger partial charge in [-0.3, -0.25) is 4.42 Å². The number of carbonyl (C=O) groups excluding carboxylic acids is 2. The van der Waals surface area contributed by atoms with Crippen LogP contribution < -0.4 is 0 Å². The molecule has 0 rings (SSSR count). The average molecular weight is 89.1 g/mol. The SMILES string of the molecule is C=[O+]C(=O)CO. The molecule has 0 heterocycles. The molecule has 0 unspecified atom stereocenters. The summed E-state index contributed by atoms with van der Waals surface area (Å²) >= 11 is 0. The molecule has 0 spiro atoms. The molecule has 0 saturated heterocycles. The van der Waals surface area contributed by atoms with Crippen LogP contribution in [0.4, 0.5) is 0 Å². The van der Waals surface area contributed by atoms with Crippen molar-refractivity contribution in [3.63, 3.8) is 0 Å². The maximum Gasteiger partial charge on any atom is 0.604 e. The molecule has 0 bridgehead atoms. The molecule has 0 aliphatic rings. The van der Waals surface area contributed by atoms with Crippen LogP contribution in [0.3, 0.4) is 0 Å². The second kappa shape index (κ2) is 2.53. The number of aliphatic hydroxyl groups excluding tert-OH is 1. The molecule has 3 heteroatoms. The van der Waals surface area contributed by atoms with Crippen LogP contribution in [0, 0.1) is 0 Å². The highest BCUT2D eigenvalue weighted by Gasteiger charge is 2.04. The summed E-state index contributed by atoms with van der Waals surface area (Å²) in [5, 5.41) is 7.82. The Kier molecular flexibility index (Phi) is 2.24. The molecule has 0 fully saturated rings. The van der Waals surface area contributed by atoms with Crippen molar-refractivity contribution in [2.75, 3.05) is 6.61 Å². The van der Waals surface area contributed by atoms with Gasteiger partial charge in [0.05, 0.1) is 4.79 Å². The lowest BCUT2D eigenvalue weighted by Gasteiger charge is -1.62. The van der Waals surface area contributed by atoms with Crippen LogP contribution in [0.25, 0.3) is 0 Å². The Balaban J connectivity index is 3.23. The summed E-state index contributed by atoms with van der Waals surface area (Å²) in [6, 6.07) is 0. The Bertz CT molecular complexity index is 66.4. The lowest BCUT2D eigenvalue weighted by Crippen LogP contribution is -2.01. The van der Waals surface area contributed by atoms with Gasteiger partial charge in [0.2, 0.25) is 6.61 Å². The molecule has 6 heavy (non-hydrogen) atoms. The summed E-state index contributed by atoms with van der Waals surface area (Å²) in [5.74, 6) is -0.713. The van der Waals surface area contributed by atoms with Gasteiger partial charge < -0.3 is 5.11 Å². The topological polar surface area (TPSA) is 48.6 Å². The van der Waals surface area contributed by atoms with Crippen molar-refractivity contribution in [2.45, 2.75) is 0 Å². The van der Waals surface area contributed by atoms with Gasteiger partial charge in [-0.2, -0.15) is 0 Å². The minimum atomic E-state index is -0.713. The fourth-order valence-electron chi connectivity index (χ4n) is 0.0456. The van der Waals surface area contributed by atoms with Gasteiger partial charge in [-0.15, -0.1) is 0 Å². The van der Waals surface area contributed by atoms with Crippen molar-refractivity contribution in [2.24, 2.45) is 0 Å². The third kappa shape index (κ3) is 1.60. The van der Waals surface area contributed by atoms with E-state index in [9.17, 15) is 4.79 Å². The third-order valence-corrected chi connectivity index (χ3v) is 0.290. The molecule has 3 nitrogen and oxygen atoms in total. The van der Waals surface area contributed by atoms with Gasteiger partial charge in [-0.05, 0) is 0 Å². The maximum atomic E-state index is 9.65. The molecule has 0 atom stereocenters. The van der Waals surface area contributed by atoms with Gasteiger partial charge in [0.25, 0.3) is 0 Å². The molecule has 0 saturated carbocycles. The Morgan fingerprint density at radius 2 is 2.50 bits per heavy atom. The Hall–Kier alpha value is -0.700. The van der Waals surface area contributed by atoms with Crippen molar-refractivity contribution < 1.29 is 14.3 Å². The zero-order chi connectivity index (χ0) is 4.99. The predicted molar refractivity (Wildman–Crippen MR) is 19.2 cm³/mol. The van der Waals surface area contributed by atoms with E-state index in [1.54, 1.807) is 0 Å². The molecular weight excluding hydrogens is 84.0 g/mol. The summed E-state index contributed by atoms with van der Waals surface area (Å²) in [6.45, 7) is 2.15. The summed E-state index contributed by atoms with van der Waals surface area (Å²) < 4.78 is 3.76. The van der Waals surface area contributed by atoms with E-state index >= 15 is 0 Å². The van der Waals surface area contributed by atoms with Crippen molar-refractivity contribution >= 4 is 12.8 Å². The fourth-order valence-corrected chi connectivity index (χ4v) is 0.0456. The van der Waals surface area contributed by atoms with E-state index in [0.29, 0.717) is 0 Å². The molecule has 1 N–H and O–H groups in total. The first kappa shape index (κ1) is 5.30. The van der Waals surface area contributed by atoms with Crippen LogP contribution in [-0.4, -0.2) is 24.5 Å². The van der Waals surface area contributed by atoms with E-state index in [0.717, 1.165) is 0 Å². The second-order valence-electron chi connectivity index (χ2n) is 0.674. The zero-order valence-corrected chi connectivity index (χ0v) is 3.18. The first-order chi connectivity index (χ1) is 2.81. The molecule has 0 aromatic rings. The van der Waals surface area contributed by atoms with Crippen LogP contribution >= 0.6 is 0 Å². The molecule has 0 amide bonds. The van der Waals surface area contributed by atoms with Gasteiger partial charge in [-0.1, -0.05) is 0 Å². The van der Waals surface area contributed by atoms with Crippen LogP contribution in [0.1, 0.15) is 0 Å². The van der Waals surface area contributed by atoms with Crippen LogP contribution in [0.2, 0.25) is 0 Å². The smallest absolute Gasteiger partial charge is 0.379 e. The monoisotopic (exact) mass is 89.0 g/mol. The van der Waals surface area contributed by atoms with Crippen LogP contribution in [0.15, 0.2) is 0 Å². The summed E-state index contributed by atoms with van der Waals surface area (Å²) in [6.07, 6.45) is 0. The minimum Gasteiger partial charge on any atom is -0.379 e. The fraction of sp³-hybridized carbons (Fsp3) is 0.333. The van der Waals surface area contributed by atoms with E-state index in [4.69, 9.17) is 5.11 Å². The first-order valence-corrected chi connectivity index (χ1v) is 1.37. The Morgan fingerprint density at radius 1 is 2.00 bits per heavy atom. The van der Waals surface area contributed by atoms with Crippen molar-refractivity contribution in [1.29, 1.82) is 0 Å². The van der Waals surface area contributed by atoms with E-state index in [1.807, 2.05) is 0 Å². The minimum absolute atomic E-state index is 0.594. The lowest BCUT2D eigenvalue weighted by atomic mass is 10.8. The van der Waals surface area contributed by atoms with Crippen LogP contribution in [0.5, 0.6) is 0 Å². The Labute approximate surface area is 34.9 Å². The predicted octanol–water partition coefficient (Wildman–Crippen LogP) is -1.13. The number of hydrogen-bond acceptors (Lipinski definition) is 2. The molecule has 0 aromatic carbocycles. The molecule has 0 aliphatic heterocycles. The van der Waals surface area contributed by atoms with Gasteiger partial charge in [0.15, 0.2) is 6.79 Å². The van der Waals surface area contributed by atoms with Gasteiger partial charge in [-0.25, -0.2) is 0 Å². The number of aliphatic hydroxyl groups is 1. The summed E-state index contributed by atoms with van der Waals surface area (Å²) in [5.41, 5.74) is 0. The zero-order valence-electron chi connectivity index (χ0n) is 3.18. The third-order valence-electron chi connectivity index (χ3n) is 0.290. The molecule has 0 aliphatic carbocycles. The normalized spacial score (nSPS) is 7.50. The highest BCUT2D eigenvalue weighted by molar-refractivity contribution is 5.67. The van der Waals surface area contributed by atoms with Crippen molar-refractivity contribution in [3.8, 4) is 0 Å². The van der Waals surface area contributed by atoms with Gasteiger partial charge >= 0.3 is 5.97 Å². The molecule has 0 aromatic heterocycles. The van der Waals surface area contributed by atoms with Crippen molar-refractivity contribution in [3.05, 3.63) is 0 Å². The maximum absolute atomic E-state index is 9.65. The highest BCUT2D eigenvalue weighted by Crippen LogP contribution is 1.55. The first-order valence-electron chi connectivity index (χ1n) is 1.37. The molecular formula is C3H5O3+. The summed E-state index contributed by atoms with van der Waals surface area (Å²) in [7, 11) is 0. The molecule has 0 radical (unpaired) electrons. The quantitative estimate of drug-likeness (QED) is 0.413. The molecule has 34 valence electrons. The Morgan fingerprint density at radius 3 is 2.50 bits per heavy atom. The second-order valence-corrected chi connectivity index (χ2v) is 0.674. The summed E-state index contributed by atoms with van der Waals surface area (Å²) in [4.78, 5) is 9.65. The average Bonchev–Trinajstić information content (AvgIpc) is 1.65. The number of rotatable bonds is 1. The van der Waals surface area contributed by atoms with Gasteiger partial charge in [0, 0.05) is 0 Å². The highest BCUT2D eigenvalue weighted by atomic mass is 16.5. The van der Waals surface area contributed by atoms with E-state index in [-0.39, 0.29) is 0 Å². The van der Waals surface area contributed by atoms with E-state index < -0.39 is 12.6 Å².